The Balaban J connectivity index is 1.88. The Bertz CT molecular complexity index is 513. The van der Waals surface area contributed by atoms with Crippen LogP contribution in [0.25, 0.3) is 0 Å². The average molecular weight is 293 g/mol. The summed E-state index contributed by atoms with van der Waals surface area (Å²) in [6.07, 6.45) is 2.71. The van der Waals surface area contributed by atoms with E-state index in [1.807, 2.05) is 28.8 Å². The number of nitrogens with zero attached hydrogens (tertiary/aromatic N) is 3. The van der Waals surface area contributed by atoms with Crippen LogP contribution < -0.4 is 0 Å². The topological polar surface area (TPSA) is 60.2 Å². The lowest BCUT2D eigenvalue weighted by Crippen LogP contribution is -2.02. The maximum absolute atomic E-state index is 9.01. The van der Waals surface area contributed by atoms with Crippen molar-refractivity contribution in [3.63, 3.8) is 0 Å². The van der Waals surface area contributed by atoms with Gasteiger partial charge in [0, 0.05) is 26.0 Å². The van der Waals surface area contributed by atoms with Gasteiger partial charge in [0.1, 0.15) is 6.33 Å². The van der Waals surface area contributed by atoms with Crippen LogP contribution in [0.2, 0.25) is 0 Å². The lowest BCUT2D eigenvalue weighted by atomic mass is 10.2. The summed E-state index contributed by atoms with van der Waals surface area (Å²) in [6.45, 7) is 1.69. The lowest BCUT2D eigenvalue weighted by Gasteiger charge is -2.06. The van der Waals surface area contributed by atoms with Crippen LogP contribution in [0, 0.1) is 0 Å². The van der Waals surface area contributed by atoms with Gasteiger partial charge in [0.05, 0.1) is 6.61 Å². The van der Waals surface area contributed by atoms with E-state index in [9.17, 15) is 0 Å². The second-order valence-corrected chi connectivity index (χ2v) is 5.36. The van der Waals surface area contributed by atoms with Crippen LogP contribution in [-0.2, 0) is 23.6 Å². The third-order valence-electron chi connectivity index (χ3n) is 2.90. The van der Waals surface area contributed by atoms with Crippen LogP contribution in [0.4, 0.5) is 0 Å². The zero-order valence-electron chi connectivity index (χ0n) is 11.5. The van der Waals surface area contributed by atoms with Gasteiger partial charge in [0.15, 0.2) is 5.16 Å². The number of aryl methyl sites for hydroxylation is 1. The number of methoxy groups -OCH3 is 1. The number of hydrogen-bond donors (Lipinski definition) is 1. The van der Waals surface area contributed by atoms with E-state index in [0.717, 1.165) is 36.0 Å². The van der Waals surface area contributed by atoms with Gasteiger partial charge in [0.2, 0.25) is 0 Å². The molecule has 0 aliphatic carbocycles. The summed E-state index contributed by atoms with van der Waals surface area (Å²) >= 11 is 1.66. The molecule has 1 aromatic heterocycles. The second kappa shape index (κ2) is 8.04. The molecular weight excluding hydrogens is 274 g/mol. The molecule has 0 fully saturated rings. The molecule has 0 amide bonds. The molecule has 108 valence electrons. The molecule has 2 aromatic rings. The number of aliphatic hydroxyl groups is 1. The fourth-order valence-corrected chi connectivity index (χ4v) is 2.67. The first-order chi connectivity index (χ1) is 9.83. The Morgan fingerprint density at radius 2 is 2.00 bits per heavy atom. The van der Waals surface area contributed by atoms with Crippen LogP contribution in [0.5, 0.6) is 0 Å². The first-order valence-corrected chi connectivity index (χ1v) is 7.50. The van der Waals surface area contributed by atoms with Crippen molar-refractivity contribution in [1.29, 1.82) is 0 Å². The molecule has 0 spiro atoms. The Kier molecular flexibility index (Phi) is 6.04. The first-order valence-electron chi connectivity index (χ1n) is 6.51. The highest BCUT2D eigenvalue weighted by molar-refractivity contribution is 7.98. The molecule has 1 aromatic carbocycles. The van der Waals surface area contributed by atoms with Crippen molar-refractivity contribution in [2.24, 2.45) is 0 Å². The van der Waals surface area contributed by atoms with E-state index < -0.39 is 0 Å². The molecule has 0 saturated carbocycles. The molecule has 0 aliphatic rings. The Labute approximate surface area is 123 Å². The van der Waals surface area contributed by atoms with Crippen molar-refractivity contribution >= 4 is 11.8 Å². The van der Waals surface area contributed by atoms with Crippen molar-refractivity contribution < 1.29 is 9.84 Å². The number of aliphatic hydroxyl groups excluding tert-OH is 1. The van der Waals surface area contributed by atoms with E-state index in [0.29, 0.717) is 0 Å². The van der Waals surface area contributed by atoms with Crippen LogP contribution in [-0.4, -0.2) is 33.6 Å². The molecule has 0 unspecified atom stereocenters. The summed E-state index contributed by atoms with van der Waals surface area (Å²) in [4.78, 5) is 0. The molecule has 2 rings (SSSR count). The van der Waals surface area contributed by atoms with Crippen LogP contribution in [0.3, 0.4) is 0 Å². The quantitative estimate of drug-likeness (QED) is 0.596. The molecule has 1 N–H and O–H groups in total. The van der Waals surface area contributed by atoms with Gasteiger partial charge in [-0.1, -0.05) is 36.0 Å². The SMILES string of the molecule is COCCCn1cnnc1SCc1ccc(CO)cc1. The molecule has 6 heteroatoms. The normalized spacial score (nSPS) is 10.9. The maximum Gasteiger partial charge on any atom is 0.191 e. The minimum Gasteiger partial charge on any atom is -0.392 e. The molecule has 20 heavy (non-hydrogen) atoms. The summed E-state index contributed by atoms with van der Waals surface area (Å²) in [5.74, 6) is 0.842. The molecule has 1 heterocycles. The molecule has 0 atom stereocenters. The fraction of sp³-hybridized carbons (Fsp3) is 0.429. The van der Waals surface area contributed by atoms with Crippen LogP contribution >= 0.6 is 11.8 Å². The monoisotopic (exact) mass is 293 g/mol. The smallest absolute Gasteiger partial charge is 0.191 e. The van der Waals surface area contributed by atoms with Crippen molar-refractivity contribution in [1.82, 2.24) is 14.8 Å². The predicted octanol–water partition coefficient (Wildman–Crippen LogP) is 2.10. The number of rotatable bonds is 8. The molecule has 0 aliphatic heterocycles. The minimum atomic E-state index is 0.0846. The summed E-state index contributed by atoms with van der Waals surface area (Å²) in [5.41, 5.74) is 2.14. The standard InChI is InChI=1S/C14H19N3O2S/c1-19-8-2-7-17-11-15-16-14(17)20-10-13-5-3-12(9-18)4-6-13/h3-6,11,18H,2,7-10H2,1H3. The van der Waals surface area contributed by atoms with Crippen molar-refractivity contribution in [3.05, 3.63) is 41.7 Å². The predicted molar refractivity (Wildman–Crippen MR) is 78.4 cm³/mol. The van der Waals surface area contributed by atoms with E-state index >= 15 is 0 Å². The van der Waals surface area contributed by atoms with Gasteiger partial charge in [-0.15, -0.1) is 10.2 Å². The van der Waals surface area contributed by atoms with E-state index in [1.54, 1.807) is 25.2 Å². The van der Waals surface area contributed by atoms with Gasteiger partial charge in [-0.25, -0.2) is 0 Å². The maximum atomic E-state index is 9.01. The fourth-order valence-electron chi connectivity index (χ4n) is 1.78. The molecular formula is C14H19N3O2S. The van der Waals surface area contributed by atoms with E-state index in [1.165, 1.54) is 5.56 Å². The average Bonchev–Trinajstić information content (AvgIpc) is 2.93. The van der Waals surface area contributed by atoms with Gasteiger partial charge < -0.3 is 14.4 Å². The summed E-state index contributed by atoms with van der Waals surface area (Å²) in [7, 11) is 1.71. The lowest BCUT2D eigenvalue weighted by molar-refractivity contribution is 0.189. The van der Waals surface area contributed by atoms with Gasteiger partial charge in [-0.2, -0.15) is 0 Å². The molecule has 5 nitrogen and oxygen atoms in total. The van der Waals surface area contributed by atoms with Crippen molar-refractivity contribution in [2.75, 3.05) is 13.7 Å². The first kappa shape index (κ1) is 15.0. The number of thioether (sulfide) groups is 1. The van der Waals surface area contributed by atoms with E-state index in [4.69, 9.17) is 9.84 Å². The molecule has 0 bridgehead atoms. The van der Waals surface area contributed by atoms with Gasteiger partial charge in [-0.3, -0.25) is 0 Å². The van der Waals surface area contributed by atoms with Gasteiger partial charge in [-0.05, 0) is 17.5 Å². The van der Waals surface area contributed by atoms with Crippen molar-refractivity contribution in [3.8, 4) is 0 Å². The number of aromatic nitrogens is 3. The third-order valence-corrected chi connectivity index (χ3v) is 3.95. The highest BCUT2D eigenvalue weighted by Gasteiger charge is 2.05. The summed E-state index contributed by atoms with van der Waals surface area (Å²) in [6, 6.07) is 7.95. The number of ether oxygens (including phenoxy) is 1. The van der Waals surface area contributed by atoms with E-state index in [2.05, 4.69) is 10.2 Å². The van der Waals surface area contributed by atoms with Crippen LogP contribution in [0.1, 0.15) is 17.5 Å². The Morgan fingerprint density at radius 3 is 2.70 bits per heavy atom. The Morgan fingerprint density at radius 1 is 1.25 bits per heavy atom. The van der Waals surface area contributed by atoms with Gasteiger partial charge in [0.25, 0.3) is 0 Å². The van der Waals surface area contributed by atoms with Gasteiger partial charge >= 0.3 is 0 Å². The van der Waals surface area contributed by atoms with Crippen molar-refractivity contribution in [2.45, 2.75) is 30.5 Å². The zero-order valence-corrected chi connectivity index (χ0v) is 12.3. The minimum absolute atomic E-state index is 0.0846. The summed E-state index contributed by atoms with van der Waals surface area (Å²) < 4.78 is 7.10. The number of benzene rings is 1. The largest absolute Gasteiger partial charge is 0.392 e. The second-order valence-electron chi connectivity index (χ2n) is 4.42. The summed E-state index contributed by atoms with van der Waals surface area (Å²) in [5, 5.41) is 18.0. The molecule has 0 saturated heterocycles. The zero-order chi connectivity index (χ0) is 14.2. The molecule has 0 radical (unpaired) electrons. The third kappa shape index (κ3) is 4.33. The highest BCUT2D eigenvalue weighted by Crippen LogP contribution is 2.21. The van der Waals surface area contributed by atoms with Crippen LogP contribution in [0.15, 0.2) is 35.7 Å². The number of hydrogen-bond acceptors (Lipinski definition) is 5. The van der Waals surface area contributed by atoms with E-state index in [-0.39, 0.29) is 6.61 Å². The highest BCUT2D eigenvalue weighted by atomic mass is 32.2. The Hall–Kier alpha value is -1.37.